The Morgan fingerprint density at radius 2 is 1.50 bits per heavy atom. The first-order chi connectivity index (χ1) is 10.6. The molecule has 1 aliphatic rings. The van der Waals surface area contributed by atoms with Gasteiger partial charge in [0.1, 0.15) is 0 Å². The van der Waals surface area contributed by atoms with Gasteiger partial charge in [-0.2, -0.15) is 0 Å². The zero-order valence-electron chi connectivity index (χ0n) is 14.6. The molecule has 0 spiro atoms. The van der Waals surface area contributed by atoms with Crippen molar-refractivity contribution in [1.82, 2.24) is 0 Å². The molecule has 0 aromatic carbocycles. The van der Waals surface area contributed by atoms with Gasteiger partial charge in [-0.15, -0.1) is 0 Å². The fraction of sp³-hybridized carbons (Fsp3) is 0.947. The molecule has 3 N–H and O–H groups in total. The maximum Gasteiger partial charge on any atom is 0.308 e. The molecule has 3 heteroatoms. The third-order valence-corrected chi connectivity index (χ3v) is 5.30. The van der Waals surface area contributed by atoms with Crippen LogP contribution in [0.4, 0.5) is 0 Å². The van der Waals surface area contributed by atoms with E-state index in [9.17, 15) is 9.90 Å². The van der Waals surface area contributed by atoms with Crippen molar-refractivity contribution in [2.75, 3.05) is 0 Å². The number of hydrogen-bond donors (Lipinski definition) is 2. The molecule has 0 aromatic heterocycles. The lowest BCUT2D eigenvalue weighted by atomic mass is 9.76. The highest BCUT2D eigenvalue weighted by molar-refractivity contribution is 5.71. The van der Waals surface area contributed by atoms with E-state index in [1.54, 1.807) is 0 Å². The van der Waals surface area contributed by atoms with Crippen LogP contribution in [0.25, 0.3) is 0 Å². The normalized spacial score (nSPS) is 25.3. The predicted molar refractivity (Wildman–Crippen MR) is 92.9 cm³/mol. The van der Waals surface area contributed by atoms with Gasteiger partial charge in [-0.05, 0) is 25.2 Å². The molecule has 1 rings (SSSR count). The maximum absolute atomic E-state index is 11.2. The zero-order valence-corrected chi connectivity index (χ0v) is 14.6. The second-order valence-corrected chi connectivity index (χ2v) is 7.26. The van der Waals surface area contributed by atoms with E-state index in [2.05, 4.69) is 6.92 Å². The molecule has 0 aliphatic heterocycles. The lowest BCUT2D eigenvalue weighted by Crippen LogP contribution is -2.40. The van der Waals surface area contributed by atoms with Gasteiger partial charge >= 0.3 is 5.97 Å². The highest BCUT2D eigenvalue weighted by atomic mass is 16.4. The van der Waals surface area contributed by atoms with Gasteiger partial charge in [-0.1, -0.05) is 77.6 Å². The van der Waals surface area contributed by atoms with Crippen molar-refractivity contribution in [3.05, 3.63) is 0 Å². The molecule has 3 atom stereocenters. The number of hydrogen-bond acceptors (Lipinski definition) is 2. The molecule has 0 saturated heterocycles. The van der Waals surface area contributed by atoms with Crippen LogP contribution in [0.1, 0.15) is 96.8 Å². The summed E-state index contributed by atoms with van der Waals surface area (Å²) in [5.74, 6) is -0.405. The van der Waals surface area contributed by atoms with Gasteiger partial charge in [0.2, 0.25) is 0 Å². The number of unbranched alkanes of at least 4 members (excludes halogenated alkanes) is 9. The topological polar surface area (TPSA) is 63.3 Å². The van der Waals surface area contributed by atoms with Crippen LogP contribution in [0.2, 0.25) is 0 Å². The van der Waals surface area contributed by atoms with Crippen LogP contribution >= 0.6 is 0 Å². The molecule has 1 aliphatic carbocycles. The first kappa shape index (κ1) is 19.5. The summed E-state index contributed by atoms with van der Waals surface area (Å²) in [5, 5.41) is 9.19. The first-order valence-corrected chi connectivity index (χ1v) is 9.63. The highest BCUT2D eigenvalue weighted by Gasteiger charge is 2.32. The Hall–Kier alpha value is -0.570. The van der Waals surface area contributed by atoms with E-state index in [4.69, 9.17) is 5.73 Å². The fourth-order valence-corrected chi connectivity index (χ4v) is 3.75. The van der Waals surface area contributed by atoms with Gasteiger partial charge in [-0.3, -0.25) is 4.79 Å². The summed E-state index contributed by atoms with van der Waals surface area (Å²) in [4.78, 5) is 11.2. The summed E-state index contributed by atoms with van der Waals surface area (Å²) in [5.41, 5.74) is 5.91. The standard InChI is InChI=1S/C19H37NO2/c1-2-3-4-5-6-7-8-9-10-11-12-16-13-14-18(20)17(15-16)19(21)22/h16-18H,2-15,20H2,1H3,(H,21,22). The molecule has 3 nitrogen and oxygen atoms in total. The number of carboxylic acids is 1. The predicted octanol–water partition coefficient (Wildman–Crippen LogP) is 5.13. The largest absolute Gasteiger partial charge is 0.481 e. The Labute approximate surface area is 137 Å². The average Bonchev–Trinajstić information content (AvgIpc) is 2.50. The van der Waals surface area contributed by atoms with E-state index in [1.807, 2.05) is 0 Å². The Morgan fingerprint density at radius 3 is 2.05 bits per heavy atom. The smallest absolute Gasteiger partial charge is 0.308 e. The minimum absolute atomic E-state index is 0.124. The van der Waals surface area contributed by atoms with Crippen LogP contribution < -0.4 is 5.73 Å². The number of rotatable bonds is 12. The second kappa shape index (κ2) is 11.9. The fourth-order valence-electron chi connectivity index (χ4n) is 3.75. The summed E-state index contributed by atoms with van der Waals surface area (Å²) >= 11 is 0. The molecule has 130 valence electrons. The third-order valence-electron chi connectivity index (χ3n) is 5.30. The SMILES string of the molecule is CCCCCCCCCCCCC1CCC(N)C(C(=O)O)C1. The Balaban J connectivity index is 1.95. The molecule has 0 heterocycles. The molecule has 0 aromatic rings. The highest BCUT2D eigenvalue weighted by Crippen LogP contribution is 2.32. The van der Waals surface area contributed by atoms with Gasteiger partial charge in [0.25, 0.3) is 0 Å². The van der Waals surface area contributed by atoms with Crippen LogP contribution in [0.3, 0.4) is 0 Å². The monoisotopic (exact) mass is 311 g/mol. The van der Waals surface area contributed by atoms with Crippen LogP contribution in [0, 0.1) is 11.8 Å². The summed E-state index contributed by atoms with van der Waals surface area (Å²) in [6, 6.07) is -0.124. The second-order valence-electron chi connectivity index (χ2n) is 7.26. The molecule has 22 heavy (non-hydrogen) atoms. The van der Waals surface area contributed by atoms with Crippen molar-refractivity contribution in [2.24, 2.45) is 17.6 Å². The molecule has 3 unspecified atom stereocenters. The van der Waals surface area contributed by atoms with Crippen molar-refractivity contribution < 1.29 is 9.90 Å². The van der Waals surface area contributed by atoms with E-state index < -0.39 is 5.97 Å². The van der Waals surface area contributed by atoms with Crippen molar-refractivity contribution in [3.8, 4) is 0 Å². The lowest BCUT2D eigenvalue weighted by Gasteiger charge is -2.31. The number of aliphatic carboxylic acids is 1. The van der Waals surface area contributed by atoms with Crippen molar-refractivity contribution in [2.45, 2.75) is 103 Å². The van der Waals surface area contributed by atoms with Gasteiger partial charge in [0, 0.05) is 6.04 Å². The van der Waals surface area contributed by atoms with Crippen molar-refractivity contribution in [3.63, 3.8) is 0 Å². The number of carboxylic acid groups (broad SMARTS) is 1. The van der Waals surface area contributed by atoms with E-state index in [0.717, 1.165) is 19.3 Å². The van der Waals surface area contributed by atoms with Crippen LogP contribution in [-0.4, -0.2) is 17.1 Å². The van der Waals surface area contributed by atoms with Crippen molar-refractivity contribution in [1.29, 1.82) is 0 Å². The van der Waals surface area contributed by atoms with Gasteiger partial charge < -0.3 is 10.8 Å². The average molecular weight is 312 g/mol. The van der Waals surface area contributed by atoms with E-state index >= 15 is 0 Å². The lowest BCUT2D eigenvalue weighted by molar-refractivity contribution is -0.144. The van der Waals surface area contributed by atoms with E-state index in [-0.39, 0.29) is 12.0 Å². The van der Waals surface area contributed by atoms with Crippen LogP contribution in [0.15, 0.2) is 0 Å². The summed E-state index contributed by atoms with van der Waals surface area (Å²) in [6.45, 7) is 2.26. The maximum atomic E-state index is 11.2. The first-order valence-electron chi connectivity index (χ1n) is 9.63. The summed E-state index contributed by atoms with van der Waals surface area (Å²) in [6.07, 6.45) is 17.7. The Kier molecular flexibility index (Phi) is 10.6. The summed E-state index contributed by atoms with van der Waals surface area (Å²) < 4.78 is 0. The molecule has 1 saturated carbocycles. The molecule has 1 fully saturated rings. The number of carbonyl (C=O) groups is 1. The number of nitrogens with two attached hydrogens (primary N) is 1. The van der Waals surface area contributed by atoms with Gasteiger partial charge in [-0.25, -0.2) is 0 Å². The zero-order chi connectivity index (χ0) is 16.2. The van der Waals surface area contributed by atoms with E-state index in [1.165, 1.54) is 70.6 Å². The molecular formula is C19H37NO2. The van der Waals surface area contributed by atoms with Gasteiger partial charge in [0.15, 0.2) is 0 Å². The molecule has 0 radical (unpaired) electrons. The molecular weight excluding hydrogens is 274 g/mol. The van der Waals surface area contributed by atoms with Crippen molar-refractivity contribution >= 4 is 5.97 Å². The minimum Gasteiger partial charge on any atom is -0.481 e. The van der Waals surface area contributed by atoms with E-state index in [0.29, 0.717) is 5.92 Å². The van der Waals surface area contributed by atoms with Crippen LogP contribution in [-0.2, 0) is 4.79 Å². The molecule has 0 bridgehead atoms. The molecule has 0 amide bonds. The summed E-state index contributed by atoms with van der Waals surface area (Å²) in [7, 11) is 0. The quantitative estimate of drug-likeness (QED) is 0.491. The van der Waals surface area contributed by atoms with Gasteiger partial charge in [0.05, 0.1) is 5.92 Å². The minimum atomic E-state index is -0.694. The van der Waals surface area contributed by atoms with Crippen LogP contribution in [0.5, 0.6) is 0 Å². The Bertz CT molecular complexity index is 293. The Morgan fingerprint density at radius 1 is 0.955 bits per heavy atom. The third kappa shape index (κ3) is 8.17.